The van der Waals surface area contributed by atoms with E-state index in [2.05, 4.69) is 5.32 Å². The van der Waals surface area contributed by atoms with Crippen LogP contribution in [0.25, 0.3) is 0 Å². The number of amides is 2. The highest BCUT2D eigenvalue weighted by Crippen LogP contribution is 2.08. The van der Waals surface area contributed by atoms with Gasteiger partial charge in [-0.15, -0.1) is 11.3 Å². The molecule has 0 bridgehead atoms. The average molecular weight is 212 g/mol. The fraction of sp³-hybridized carbons (Fsp3) is 0.333. The van der Waals surface area contributed by atoms with E-state index in [1.54, 1.807) is 0 Å². The van der Waals surface area contributed by atoms with Crippen LogP contribution in [0.2, 0.25) is 0 Å². The summed E-state index contributed by atoms with van der Waals surface area (Å²) in [5.74, 6) is -0.477. The third-order valence-electron chi connectivity index (χ3n) is 1.61. The third kappa shape index (κ3) is 4.04. The van der Waals surface area contributed by atoms with Gasteiger partial charge < -0.3 is 11.1 Å². The SMILES string of the molecule is NC(=O)CCNC(=O)Cc1cccs1. The number of hydrogen-bond donors (Lipinski definition) is 2. The van der Waals surface area contributed by atoms with E-state index in [9.17, 15) is 9.59 Å². The Balaban J connectivity index is 2.20. The first kappa shape index (κ1) is 10.7. The molecule has 0 aliphatic heterocycles. The maximum absolute atomic E-state index is 11.2. The standard InChI is InChI=1S/C9H12N2O2S/c10-8(12)3-4-11-9(13)6-7-2-1-5-14-7/h1-2,5H,3-4,6H2,(H2,10,12)(H,11,13). The maximum atomic E-state index is 11.2. The summed E-state index contributed by atoms with van der Waals surface area (Å²) in [6.45, 7) is 0.319. The van der Waals surface area contributed by atoms with Crippen molar-refractivity contribution >= 4 is 23.2 Å². The molecule has 0 saturated carbocycles. The van der Waals surface area contributed by atoms with Crippen LogP contribution in [-0.2, 0) is 16.0 Å². The zero-order chi connectivity index (χ0) is 10.4. The summed E-state index contributed by atoms with van der Waals surface area (Å²) in [6.07, 6.45) is 0.562. The molecule has 0 aliphatic carbocycles. The van der Waals surface area contributed by atoms with Crippen molar-refractivity contribution in [2.75, 3.05) is 6.54 Å². The highest BCUT2D eigenvalue weighted by molar-refractivity contribution is 7.10. The van der Waals surface area contributed by atoms with Crippen molar-refractivity contribution in [3.63, 3.8) is 0 Å². The molecule has 1 aromatic rings. The predicted octanol–water partition coefficient (Wildman–Crippen LogP) is 0.282. The second-order valence-electron chi connectivity index (χ2n) is 2.82. The maximum Gasteiger partial charge on any atom is 0.225 e. The zero-order valence-corrected chi connectivity index (χ0v) is 8.47. The van der Waals surface area contributed by atoms with Gasteiger partial charge in [-0.05, 0) is 11.4 Å². The Kier molecular flexibility index (Phi) is 4.12. The minimum atomic E-state index is -0.401. The van der Waals surface area contributed by atoms with E-state index in [0.29, 0.717) is 13.0 Å². The number of nitrogens with one attached hydrogen (secondary N) is 1. The van der Waals surface area contributed by atoms with Crippen molar-refractivity contribution in [1.29, 1.82) is 0 Å². The number of nitrogens with two attached hydrogens (primary N) is 1. The summed E-state index contributed by atoms with van der Waals surface area (Å²) >= 11 is 1.54. The molecule has 0 spiro atoms. The van der Waals surface area contributed by atoms with Crippen LogP contribution in [0.3, 0.4) is 0 Å². The molecular weight excluding hydrogens is 200 g/mol. The monoisotopic (exact) mass is 212 g/mol. The van der Waals surface area contributed by atoms with Gasteiger partial charge in [-0.25, -0.2) is 0 Å². The van der Waals surface area contributed by atoms with Crippen LogP contribution >= 0.6 is 11.3 Å². The molecule has 1 rings (SSSR count). The summed E-state index contributed by atoms with van der Waals surface area (Å²) in [5, 5.41) is 4.54. The Morgan fingerprint density at radius 3 is 2.86 bits per heavy atom. The summed E-state index contributed by atoms with van der Waals surface area (Å²) in [7, 11) is 0. The number of hydrogen-bond acceptors (Lipinski definition) is 3. The normalized spacial score (nSPS) is 9.71. The number of primary amides is 1. The van der Waals surface area contributed by atoms with Crippen LogP contribution in [0.5, 0.6) is 0 Å². The lowest BCUT2D eigenvalue weighted by Gasteiger charge is -2.01. The smallest absolute Gasteiger partial charge is 0.225 e. The van der Waals surface area contributed by atoms with Gasteiger partial charge >= 0.3 is 0 Å². The Hall–Kier alpha value is -1.36. The van der Waals surface area contributed by atoms with Crippen molar-refractivity contribution in [2.24, 2.45) is 5.73 Å². The van der Waals surface area contributed by atoms with Crippen molar-refractivity contribution in [3.05, 3.63) is 22.4 Å². The molecular formula is C9H12N2O2S. The van der Waals surface area contributed by atoms with Crippen LogP contribution in [-0.4, -0.2) is 18.4 Å². The highest BCUT2D eigenvalue weighted by Gasteiger charge is 2.03. The lowest BCUT2D eigenvalue weighted by Crippen LogP contribution is -2.28. The zero-order valence-electron chi connectivity index (χ0n) is 7.66. The molecule has 4 nitrogen and oxygen atoms in total. The molecule has 14 heavy (non-hydrogen) atoms. The van der Waals surface area contributed by atoms with Crippen LogP contribution < -0.4 is 11.1 Å². The number of carbonyl (C=O) groups is 2. The van der Waals surface area contributed by atoms with Gasteiger partial charge in [0.15, 0.2) is 0 Å². The van der Waals surface area contributed by atoms with Gasteiger partial charge in [0.1, 0.15) is 0 Å². The second kappa shape index (κ2) is 5.39. The summed E-state index contributed by atoms with van der Waals surface area (Å²) in [6, 6.07) is 3.80. The quantitative estimate of drug-likeness (QED) is 0.736. The number of rotatable bonds is 5. The van der Waals surface area contributed by atoms with Gasteiger partial charge in [0.05, 0.1) is 6.42 Å². The molecule has 2 amide bonds. The summed E-state index contributed by atoms with van der Waals surface area (Å²) in [5.41, 5.74) is 4.93. The van der Waals surface area contributed by atoms with Crippen LogP contribution in [0.4, 0.5) is 0 Å². The van der Waals surface area contributed by atoms with Gasteiger partial charge in [0.25, 0.3) is 0 Å². The molecule has 0 fully saturated rings. The van der Waals surface area contributed by atoms with Crippen molar-refractivity contribution in [3.8, 4) is 0 Å². The Morgan fingerprint density at radius 2 is 2.29 bits per heavy atom. The fourth-order valence-corrected chi connectivity index (χ4v) is 1.66. The molecule has 5 heteroatoms. The van der Waals surface area contributed by atoms with Crippen LogP contribution in [0, 0.1) is 0 Å². The van der Waals surface area contributed by atoms with E-state index in [-0.39, 0.29) is 12.3 Å². The lowest BCUT2D eigenvalue weighted by atomic mass is 10.3. The minimum Gasteiger partial charge on any atom is -0.370 e. The third-order valence-corrected chi connectivity index (χ3v) is 2.48. The molecule has 1 aromatic heterocycles. The van der Waals surface area contributed by atoms with Crippen molar-refractivity contribution in [1.82, 2.24) is 5.32 Å². The first-order valence-electron chi connectivity index (χ1n) is 4.26. The molecule has 0 aromatic carbocycles. The van der Waals surface area contributed by atoms with E-state index in [1.165, 1.54) is 11.3 Å². The molecule has 76 valence electrons. The molecule has 3 N–H and O–H groups in total. The van der Waals surface area contributed by atoms with Gasteiger partial charge in [0, 0.05) is 17.8 Å². The fourth-order valence-electron chi connectivity index (χ4n) is 0.959. The molecule has 1 heterocycles. The Morgan fingerprint density at radius 1 is 1.50 bits per heavy atom. The van der Waals surface area contributed by atoms with E-state index < -0.39 is 5.91 Å². The molecule has 0 unspecified atom stereocenters. The first-order chi connectivity index (χ1) is 6.68. The van der Waals surface area contributed by atoms with E-state index >= 15 is 0 Å². The topological polar surface area (TPSA) is 72.2 Å². The van der Waals surface area contributed by atoms with Gasteiger partial charge in [-0.3, -0.25) is 9.59 Å². The molecule has 0 radical (unpaired) electrons. The number of thiophene rings is 1. The molecule has 0 aliphatic rings. The minimum absolute atomic E-state index is 0.0753. The molecule has 0 saturated heterocycles. The van der Waals surface area contributed by atoms with Gasteiger partial charge in [0.2, 0.25) is 11.8 Å². The predicted molar refractivity (Wildman–Crippen MR) is 54.8 cm³/mol. The van der Waals surface area contributed by atoms with Crippen LogP contribution in [0.15, 0.2) is 17.5 Å². The van der Waals surface area contributed by atoms with E-state index in [4.69, 9.17) is 5.73 Å². The Bertz CT molecular complexity index is 309. The molecule has 0 atom stereocenters. The van der Waals surface area contributed by atoms with E-state index in [1.807, 2.05) is 17.5 Å². The van der Waals surface area contributed by atoms with Gasteiger partial charge in [-0.1, -0.05) is 6.07 Å². The average Bonchev–Trinajstić information content (AvgIpc) is 2.56. The largest absolute Gasteiger partial charge is 0.370 e. The summed E-state index contributed by atoms with van der Waals surface area (Å²) < 4.78 is 0. The van der Waals surface area contributed by atoms with Gasteiger partial charge in [-0.2, -0.15) is 0 Å². The number of carbonyl (C=O) groups excluding carboxylic acids is 2. The van der Waals surface area contributed by atoms with Crippen LogP contribution in [0.1, 0.15) is 11.3 Å². The lowest BCUT2D eigenvalue weighted by molar-refractivity contribution is -0.120. The highest BCUT2D eigenvalue weighted by atomic mass is 32.1. The first-order valence-corrected chi connectivity index (χ1v) is 5.14. The Labute approximate surface area is 86.1 Å². The van der Waals surface area contributed by atoms with Crippen molar-refractivity contribution < 1.29 is 9.59 Å². The van der Waals surface area contributed by atoms with Crippen molar-refractivity contribution in [2.45, 2.75) is 12.8 Å². The second-order valence-corrected chi connectivity index (χ2v) is 3.85. The summed E-state index contributed by atoms with van der Waals surface area (Å²) in [4.78, 5) is 22.6. The van der Waals surface area contributed by atoms with E-state index in [0.717, 1.165) is 4.88 Å².